The van der Waals surface area contributed by atoms with E-state index in [1.165, 1.54) is 12.8 Å². The molecule has 1 amide bonds. The first-order chi connectivity index (χ1) is 6.99. The van der Waals surface area contributed by atoms with Gasteiger partial charge in [0.1, 0.15) is 0 Å². The Hall–Kier alpha value is -0.640. The lowest BCUT2D eigenvalue weighted by Crippen LogP contribution is -2.53. The Labute approximate surface area is 95.8 Å². The molecule has 0 saturated heterocycles. The van der Waals surface area contributed by atoms with E-state index >= 15 is 0 Å². The molecule has 84 valence electrons. The van der Waals surface area contributed by atoms with Gasteiger partial charge in [-0.05, 0) is 31.1 Å². The summed E-state index contributed by atoms with van der Waals surface area (Å²) in [5, 5.41) is 3.00. The molecule has 2 fully saturated rings. The highest BCUT2D eigenvalue weighted by molar-refractivity contribution is 7.80. The zero-order valence-electron chi connectivity index (χ0n) is 9.14. The first kappa shape index (κ1) is 10.9. The fraction of sp³-hybridized carbons (Fsp3) is 0.818. The van der Waals surface area contributed by atoms with Crippen LogP contribution in [0.2, 0.25) is 0 Å². The predicted molar refractivity (Wildman–Crippen MR) is 63.4 cm³/mol. The molecular formula is C11H18N2OS. The van der Waals surface area contributed by atoms with Crippen molar-refractivity contribution in [3.8, 4) is 0 Å². The third kappa shape index (κ3) is 1.87. The molecular weight excluding hydrogens is 208 g/mol. The van der Waals surface area contributed by atoms with Gasteiger partial charge in [-0.2, -0.15) is 0 Å². The van der Waals surface area contributed by atoms with E-state index in [2.05, 4.69) is 12.2 Å². The van der Waals surface area contributed by atoms with Crippen LogP contribution in [0.5, 0.6) is 0 Å². The zero-order valence-corrected chi connectivity index (χ0v) is 9.95. The molecule has 0 heterocycles. The minimum Gasteiger partial charge on any atom is -0.392 e. The lowest BCUT2D eigenvalue weighted by atomic mass is 9.68. The van der Waals surface area contributed by atoms with Crippen LogP contribution in [-0.4, -0.2) is 17.4 Å². The second-order valence-electron chi connectivity index (χ2n) is 5.29. The van der Waals surface area contributed by atoms with Crippen LogP contribution in [0, 0.1) is 10.8 Å². The largest absolute Gasteiger partial charge is 0.392 e. The van der Waals surface area contributed by atoms with Gasteiger partial charge in [-0.25, -0.2) is 0 Å². The highest BCUT2D eigenvalue weighted by atomic mass is 32.1. The first-order valence-corrected chi connectivity index (χ1v) is 5.98. The van der Waals surface area contributed by atoms with Crippen LogP contribution in [-0.2, 0) is 4.79 Å². The van der Waals surface area contributed by atoms with E-state index in [-0.39, 0.29) is 5.91 Å². The molecule has 0 atom stereocenters. The molecule has 0 aromatic carbocycles. The number of nitrogens with two attached hydrogens (primary N) is 1. The molecule has 0 aromatic rings. The molecule has 15 heavy (non-hydrogen) atoms. The molecule has 0 bridgehead atoms. The Kier molecular flexibility index (Phi) is 2.49. The molecule has 3 nitrogen and oxygen atoms in total. The van der Waals surface area contributed by atoms with Gasteiger partial charge in [-0.15, -0.1) is 0 Å². The Balaban J connectivity index is 1.91. The van der Waals surface area contributed by atoms with E-state index in [4.69, 9.17) is 18.0 Å². The van der Waals surface area contributed by atoms with E-state index in [0.717, 1.165) is 25.8 Å². The maximum Gasteiger partial charge on any atom is 0.233 e. The number of carbonyl (C=O) groups excluding carboxylic acids is 1. The maximum absolute atomic E-state index is 12.0. The molecule has 2 aliphatic carbocycles. The van der Waals surface area contributed by atoms with Crippen LogP contribution in [0.4, 0.5) is 0 Å². The van der Waals surface area contributed by atoms with Crippen molar-refractivity contribution in [1.29, 1.82) is 0 Å². The zero-order chi connectivity index (χ0) is 11.1. The van der Waals surface area contributed by atoms with Crippen molar-refractivity contribution in [2.45, 2.75) is 39.0 Å². The molecule has 0 unspecified atom stereocenters. The van der Waals surface area contributed by atoms with Crippen molar-refractivity contribution < 1.29 is 4.79 Å². The third-order valence-electron chi connectivity index (χ3n) is 3.89. The number of rotatable bonds is 4. The summed E-state index contributed by atoms with van der Waals surface area (Å²) in [6.45, 7) is 2.97. The standard InChI is InChI=1S/C11H18N2OS/c1-10(5-6-10)7-13-9(14)11(8(12)15)3-2-4-11/h2-7H2,1H3,(H2,12,15)(H,13,14). The summed E-state index contributed by atoms with van der Waals surface area (Å²) in [5.41, 5.74) is 5.49. The van der Waals surface area contributed by atoms with Gasteiger partial charge in [0.25, 0.3) is 0 Å². The predicted octanol–water partition coefficient (Wildman–Crippen LogP) is 1.36. The van der Waals surface area contributed by atoms with Crippen LogP contribution in [0.15, 0.2) is 0 Å². The van der Waals surface area contributed by atoms with Crippen LogP contribution >= 0.6 is 12.2 Å². The van der Waals surface area contributed by atoms with E-state index in [1.54, 1.807) is 0 Å². The van der Waals surface area contributed by atoms with Gasteiger partial charge in [0.2, 0.25) is 5.91 Å². The van der Waals surface area contributed by atoms with Crippen LogP contribution < -0.4 is 11.1 Å². The summed E-state index contributed by atoms with van der Waals surface area (Å²) in [7, 11) is 0. The fourth-order valence-electron chi connectivity index (χ4n) is 1.97. The quantitative estimate of drug-likeness (QED) is 0.712. The van der Waals surface area contributed by atoms with Gasteiger partial charge in [0.05, 0.1) is 10.4 Å². The lowest BCUT2D eigenvalue weighted by Gasteiger charge is -2.39. The molecule has 2 saturated carbocycles. The molecule has 3 N–H and O–H groups in total. The van der Waals surface area contributed by atoms with Crippen LogP contribution in [0.25, 0.3) is 0 Å². The number of hydrogen-bond donors (Lipinski definition) is 2. The Morgan fingerprint density at radius 3 is 2.33 bits per heavy atom. The molecule has 2 rings (SSSR count). The summed E-state index contributed by atoms with van der Waals surface area (Å²) in [6.07, 6.45) is 5.14. The summed E-state index contributed by atoms with van der Waals surface area (Å²) in [6, 6.07) is 0. The number of amides is 1. The Morgan fingerprint density at radius 2 is 2.00 bits per heavy atom. The van der Waals surface area contributed by atoms with Crippen molar-refractivity contribution in [2.24, 2.45) is 16.6 Å². The minimum absolute atomic E-state index is 0.0503. The van der Waals surface area contributed by atoms with Gasteiger partial charge in [0, 0.05) is 6.54 Å². The van der Waals surface area contributed by atoms with E-state index < -0.39 is 5.41 Å². The van der Waals surface area contributed by atoms with Crippen molar-refractivity contribution in [3.63, 3.8) is 0 Å². The maximum atomic E-state index is 12.0. The number of carbonyl (C=O) groups is 1. The lowest BCUT2D eigenvalue weighted by molar-refractivity contribution is -0.131. The Morgan fingerprint density at radius 1 is 1.40 bits per heavy atom. The fourth-order valence-corrected chi connectivity index (χ4v) is 2.27. The number of nitrogens with one attached hydrogen (secondary N) is 1. The second-order valence-corrected chi connectivity index (χ2v) is 5.73. The topological polar surface area (TPSA) is 55.1 Å². The van der Waals surface area contributed by atoms with Crippen molar-refractivity contribution >= 4 is 23.1 Å². The van der Waals surface area contributed by atoms with Crippen molar-refractivity contribution in [3.05, 3.63) is 0 Å². The molecule has 0 radical (unpaired) electrons. The molecule has 0 aliphatic heterocycles. The molecule has 0 spiro atoms. The smallest absolute Gasteiger partial charge is 0.233 e. The first-order valence-electron chi connectivity index (χ1n) is 5.57. The van der Waals surface area contributed by atoms with Gasteiger partial charge < -0.3 is 11.1 Å². The van der Waals surface area contributed by atoms with E-state index in [9.17, 15) is 4.79 Å². The molecule has 0 aromatic heterocycles. The number of hydrogen-bond acceptors (Lipinski definition) is 2. The van der Waals surface area contributed by atoms with E-state index in [1.807, 2.05) is 0 Å². The summed E-state index contributed by atoms with van der Waals surface area (Å²) >= 11 is 5.00. The highest BCUT2D eigenvalue weighted by Gasteiger charge is 2.48. The normalized spacial score (nSPS) is 25.1. The minimum atomic E-state index is -0.513. The summed E-state index contributed by atoms with van der Waals surface area (Å²) in [4.78, 5) is 12.4. The Bertz CT molecular complexity index is 306. The van der Waals surface area contributed by atoms with Crippen molar-refractivity contribution in [1.82, 2.24) is 5.32 Å². The molecule has 4 heteroatoms. The van der Waals surface area contributed by atoms with Gasteiger partial charge in [-0.3, -0.25) is 4.79 Å². The van der Waals surface area contributed by atoms with Gasteiger partial charge in [0.15, 0.2) is 0 Å². The average molecular weight is 226 g/mol. The van der Waals surface area contributed by atoms with Crippen molar-refractivity contribution in [2.75, 3.05) is 6.54 Å². The van der Waals surface area contributed by atoms with Gasteiger partial charge in [-0.1, -0.05) is 25.6 Å². The van der Waals surface area contributed by atoms with Gasteiger partial charge >= 0.3 is 0 Å². The monoisotopic (exact) mass is 226 g/mol. The average Bonchev–Trinajstić information content (AvgIpc) is 2.78. The molecule has 2 aliphatic rings. The van der Waals surface area contributed by atoms with E-state index in [0.29, 0.717) is 10.4 Å². The SMILES string of the molecule is CC1(CNC(=O)C2(C(N)=S)CCC2)CC1. The number of thiocarbonyl (C=S) groups is 1. The second kappa shape index (κ2) is 3.44. The van der Waals surface area contributed by atoms with Crippen LogP contribution in [0.3, 0.4) is 0 Å². The van der Waals surface area contributed by atoms with Crippen LogP contribution in [0.1, 0.15) is 39.0 Å². The summed E-state index contributed by atoms with van der Waals surface area (Å²) in [5.74, 6) is 0.0503. The highest BCUT2D eigenvalue weighted by Crippen LogP contribution is 2.45. The third-order valence-corrected chi connectivity index (χ3v) is 4.28. The summed E-state index contributed by atoms with van der Waals surface area (Å²) < 4.78 is 0.